The molecular formula is C8H11N3OS. The predicted molar refractivity (Wildman–Crippen MR) is 51.6 cm³/mol. The topological polar surface area (TPSA) is 47.0 Å². The lowest BCUT2D eigenvalue weighted by atomic mass is 10.1. The second-order valence-corrected chi connectivity index (χ2v) is 3.67. The molecule has 0 radical (unpaired) electrons. The SMILES string of the molecule is C1=COC(CNc2nncs2)CC1. The van der Waals surface area contributed by atoms with Gasteiger partial charge in [0.05, 0.1) is 12.8 Å². The highest BCUT2D eigenvalue weighted by Crippen LogP contribution is 2.13. The minimum Gasteiger partial charge on any atom is -0.497 e. The molecule has 1 aromatic heterocycles. The van der Waals surface area contributed by atoms with Crippen molar-refractivity contribution < 1.29 is 4.74 Å². The van der Waals surface area contributed by atoms with Gasteiger partial charge in [-0.05, 0) is 18.9 Å². The molecule has 0 aliphatic carbocycles. The van der Waals surface area contributed by atoms with Crippen LogP contribution in [0.15, 0.2) is 17.8 Å². The molecule has 1 aromatic rings. The summed E-state index contributed by atoms with van der Waals surface area (Å²) in [6.07, 6.45) is 6.26. The summed E-state index contributed by atoms with van der Waals surface area (Å²) in [5, 5.41) is 11.7. The number of hydrogen-bond acceptors (Lipinski definition) is 5. The Kier molecular flexibility index (Phi) is 2.76. The van der Waals surface area contributed by atoms with E-state index in [2.05, 4.69) is 15.5 Å². The normalized spacial score (nSPS) is 21.1. The Morgan fingerprint density at radius 3 is 3.38 bits per heavy atom. The van der Waals surface area contributed by atoms with Crippen molar-refractivity contribution >= 4 is 16.5 Å². The van der Waals surface area contributed by atoms with Gasteiger partial charge in [0.15, 0.2) is 0 Å². The van der Waals surface area contributed by atoms with Crippen LogP contribution in [0.2, 0.25) is 0 Å². The quantitative estimate of drug-likeness (QED) is 0.800. The van der Waals surface area contributed by atoms with Crippen LogP contribution < -0.4 is 5.32 Å². The van der Waals surface area contributed by atoms with Gasteiger partial charge in [-0.1, -0.05) is 11.3 Å². The van der Waals surface area contributed by atoms with Crippen molar-refractivity contribution in [3.8, 4) is 0 Å². The minimum atomic E-state index is 0.272. The number of allylic oxidation sites excluding steroid dienone is 1. The molecule has 4 nitrogen and oxygen atoms in total. The van der Waals surface area contributed by atoms with E-state index < -0.39 is 0 Å². The first-order valence-corrected chi connectivity index (χ1v) is 5.13. The molecule has 1 aliphatic rings. The van der Waals surface area contributed by atoms with Gasteiger partial charge >= 0.3 is 0 Å². The molecule has 5 heteroatoms. The highest BCUT2D eigenvalue weighted by atomic mass is 32.1. The van der Waals surface area contributed by atoms with E-state index in [9.17, 15) is 0 Å². The van der Waals surface area contributed by atoms with Crippen molar-refractivity contribution in [3.05, 3.63) is 17.8 Å². The highest BCUT2D eigenvalue weighted by molar-refractivity contribution is 7.13. The molecule has 0 saturated carbocycles. The second kappa shape index (κ2) is 4.23. The second-order valence-electron chi connectivity index (χ2n) is 2.83. The summed E-state index contributed by atoms with van der Waals surface area (Å²) < 4.78 is 5.39. The molecule has 2 heterocycles. The maximum Gasteiger partial charge on any atom is 0.205 e. The molecule has 0 saturated heterocycles. The molecule has 13 heavy (non-hydrogen) atoms. The van der Waals surface area contributed by atoms with Crippen molar-refractivity contribution in [2.24, 2.45) is 0 Å². The number of ether oxygens (including phenoxy) is 1. The van der Waals surface area contributed by atoms with Gasteiger partial charge in [-0.25, -0.2) is 0 Å². The van der Waals surface area contributed by atoms with Crippen molar-refractivity contribution in [2.45, 2.75) is 18.9 Å². The van der Waals surface area contributed by atoms with Crippen LogP contribution in [0.5, 0.6) is 0 Å². The third kappa shape index (κ3) is 2.42. The maximum absolute atomic E-state index is 5.39. The first-order valence-electron chi connectivity index (χ1n) is 4.25. The van der Waals surface area contributed by atoms with Crippen LogP contribution in [0, 0.1) is 0 Å². The largest absolute Gasteiger partial charge is 0.497 e. The summed E-state index contributed by atoms with van der Waals surface area (Å²) in [5.74, 6) is 0. The molecule has 0 amide bonds. The summed E-state index contributed by atoms with van der Waals surface area (Å²) in [6, 6.07) is 0. The fourth-order valence-corrected chi connectivity index (χ4v) is 1.64. The summed E-state index contributed by atoms with van der Waals surface area (Å²) in [5.41, 5.74) is 1.71. The first kappa shape index (κ1) is 8.50. The Labute approximate surface area is 80.6 Å². The molecule has 1 N–H and O–H groups in total. The lowest BCUT2D eigenvalue weighted by Crippen LogP contribution is -2.22. The third-order valence-electron chi connectivity index (χ3n) is 1.86. The van der Waals surface area contributed by atoms with Crippen molar-refractivity contribution in [3.63, 3.8) is 0 Å². The summed E-state index contributed by atoms with van der Waals surface area (Å²) in [6.45, 7) is 0.805. The molecule has 70 valence electrons. The Hall–Kier alpha value is -1.10. The Balaban J connectivity index is 1.76. The van der Waals surface area contributed by atoms with E-state index in [0.717, 1.165) is 24.5 Å². The van der Waals surface area contributed by atoms with E-state index in [1.807, 2.05) is 6.08 Å². The number of nitrogens with one attached hydrogen (secondary N) is 1. The van der Waals surface area contributed by atoms with E-state index >= 15 is 0 Å². The molecule has 1 aliphatic heterocycles. The smallest absolute Gasteiger partial charge is 0.205 e. The van der Waals surface area contributed by atoms with Gasteiger partial charge in [-0.15, -0.1) is 10.2 Å². The molecule has 1 unspecified atom stereocenters. The van der Waals surface area contributed by atoms with Gasteiger partial charge in [0.2, 0.25) is 5.13 Å². The van der Waals surface area contributed by atoms with Gasteiger partial charge < -0.3 is 10.1 Å². The number of anilines is 1. The van der Waals surface area contributed by atoms with Crippen LogP contribution in [0.4, 0.5) is 5.13 Å². The van der Waals surface area contributed by atoms with Crippen molar-refractivity contribution in [2.75, 3.05) is 11.9 Å². The van der Waals surface area contributed by atoms with E-state index in [-0.39, 0.29) is 6.10 Å². The Morgan fingerprint density at radius 1 is 1.69 bits per heavy atom. The fourth-order valence-electron chi connectivity index (χ4n) is 1.19. The number of nitrogens with zero attached hydrogens (tertiary/aromatic N) is 2. The Morgan fingerprint density at radius 2 is 2.69 bits per heavy atom. The maximum atomic E-state index is 5.39. The van der Waals surface area contributed by atoms with E-state index in [1.54, 1.807) is 11.8 Å². The molecule has 0 bridgehead atoms. The average Bonchev–Trinajstić information content (AvgIpc) is 2.69. The monoisotopic (exact) mass is 197 g/mol. The van der Waals surface area contributed by atoms with Crippen LogP contribution >= 0.6 is 11.3 Å². The van der Waals surface area contributed by atoms with E-state index in [1.165, 1.54) is 11.3 Å². The van der Waals surface area contributed by atoms with Gasteiger partial charge in [-0.2, -0.15) is 0 Å². The van der Waals surface area contributed by atoms with Crippen LogP contribution in [-0.2, 0) is 4.74 Å². The zero-order chi connectivity index (χ0) is 8.93. The van der Waals surface area contributed by atoms with Gasteiger partial charge in [-0.3, -0.25) is 0 Å². The number of hydrogen-bond donors (Lipinski definition) is 1. The highest BCUT2D eigenvalue weighted by Gasteiger charge is 2.10. The van der Waals surface area contributed by atoms with Crippen LogP contribution in [0.1, 0.15) is 12.8 Å². The molecular weight excluding hydrogens is 186 g/mol. The van der Waals surface area contributed by atoms with Crippen LogP contribution in [-0.4, -0.2) is 22.8 Å². The summed E-state index contributed by atoms with van der Waals surface area (Å²) in [4.78, 5) is 0. The summed E-state index contributed by atoms with van der Waals surface area (Å²) in [7, 11) is 0. The molecule has 2 rings (SSSR count). The number of rotatable bonds is 3. The minimum absolute atomic E-state index is 0.272. The third-order valence-corrected chi connectivity index (χ3v) is 2.51. The van der Waals surface area contributed by atoms with Crippen LogP contribution in [0.3, 0.4) is 0 Å². The molecule has 0 spiro atoms. The number of aromatic nitrogens is 2. The lowest BCUT2D eigenvalue weighted by molar-refractivity contribution is 0.135. The van der Waals surface area contributed by atoms with Gasteiger partial charge in [0.1, 0.15) is 11.6 Å². The lowest BCUT2D eigenvalue weighted by Gasteiger charge is -2.19. The average molecular weight is 197 g/mol. The molecule has 0 fully saturated rings. The summed E-state index contributed by atoms with van der Waals surface area (Å²) >= 11 is 1.50. The van der Waals surface area contributed by atoms with Gasteiger partial charge in [0.25, 0.3) is 0 Å². The standard InChI is InChI=1S/C8H11N3OS/c1-2-4-12-7(3-1)5-9-8-11-10-6-13-8/h2,4,6-7H,1,3,5H2,(H,9,11). The Bertz CT molecular complexity index is 273. The zero-order valence-corrected chi connectivity index (χ0v) is 7.96. The van der Waals surface area contributed by atoms with Crippen molar-refractivity contribution in [1.82, 2.24) is 10.2 Å². The van der Waals surface area contributed by atoms with Crippen LogP contribution in [0.25, 0.3) is 0 Å². The molecule has 1 atom stereocenters. The predicted octanol–water partition coefficient (Wildman–Crippen LogP) is 1.64. The molecule has 0 aromatic carbocycles. The fraction of sp³-hybridized carbons (Fsp3) is 0.500. The van der Waals surface area contributed by atoms with E-state index in [4.69, 9.17) is 4.74 Å². The van der Waals surface area contributed by atoms with Crippen molar-refractivity contribution in [1.29, 1.82) is 0 Å². The van der Waals surface area contributed by atoms with E-state index in [0.29, 0.717) is 0 Å². The van der Waals surface area contributed by atoms with Gasteiger partial charge in [0, 0.05) is 0 Å². The zero-order valence-electron chi connectivity index (χ0n) is 7.14. The first-order chi connectivity index (χ1) is 6.45.